The third kappa shape index (κ3) is 10.4. The third-order valence-electron chi connectivity index (χ3n) is 2.49. The average molecular weight is 229 g/mol. The molecule has 0 amide bonds. The van der Waals surface area contributed by atoms with Crippen LogP contribution < -0.4 is 5.32 Å². The summed E-state index contributed by atoms with van der Waals surface area (Å²) < 4.78 is 5.73. The van der Waals surface area contributed by atoms with Gasteiger partial charge in [0.1, 0.15) is 0 Å². The molecule has 16 heavy (non-hydrogen) atoms. The summed E-state index contributed by atoms with van der Waals surface area (Å²) in [5.74, 6) is 1.46. The van der Waals surface area contributed by atoms with Crippen LogP contribution in [0.15, 0.2) is 0 Å². The van der Waals surface area contributed by atoms with Crippen molar-refractivity contribution in [1.29, 1.82) is 0 Å². The second-order valence-corrected chi connectivity index (χ2v) is 6.42. The van der Waals surface area contributed by atoms with Crippen molar-refractivity contribution in [2.45, 2.75) is 48.0 Å². The van der Waals surface area contributed by atoms with Crippen molar-refractivity contribution in [1.82, 2.24) is 5.32 Å². The van der Waals surface area contributed by atoms with Crippen molar-refractivity contribution in [3.05, 3.63) is 0 Å². The summed E-state index contributed by atoms with van der Waals surface area (Å²) >= 11 is 0. The molecule has 0 radical (unpaired) electrons. The van der Waals surface area contributed by atoms with Gasteiger partial charge in [-0.25, -0.2) is 0 Å². The fourth-order valence-electron chi connectivity index (χ4n) is 1.42. The predicted octanol–water partition coefficient (Wildman–Crippen LogP) is 3.32. The molecule has 0 unspecified atom stereocenters. The highest BCUT2D eigenvalue weighted by Crippen LogP contribution is 2.14. The van der Waals surface area contributed by atoms with Crippen LogP contribution in [-0.2, 0) is 4.74 Å². The SMILES string of the molecule is CC(C)CCOCC(C)(C)CNCC(C)C. The van der Waals surface area contributed by atoms with E-state index in [0.29, 0.717) is 0 Å². The minimum atomic E-state index is 0.242. The first-order valence-electron chi connectivity index (χ1n) is 6.62. The summed E-state index contributed by atoms with van der Waals surface area (Å²) in [5, 5.41) is 3.49. The summed E-state index contributed by atoms with van der Waals surface area (Å²) in [4.78, 5) is 0. The van der Waals surface area contributed by atoms with E-state index in [2.05, 4.69) is 46.9 Å². The zero-order valence-corrected chi connectivity index (χ0v) is 12.1. The molecule has 0 atom stereocenters. The Hall–Kier alpha value is -0.0800. The van der Waals surface area contributed by atoms with E-state index in [4.69, 9.17) is 4.74 Å². The second kappa shape index (κ2) is 8.08. The highest BCUT2D eigenvalue weighted by molar-refractivity contribution is 4.71. The molecule has 0 aromatic rings. The number of rotatable bonds is 9. The van der Waals surface area contributed by atoms with Crippen LogP contribution in [0.25, 0.3) is 0 Å². The minimum Gasteiger partial charge on any atom is -0.381 e. The van der Waals surface area contributed by atoms with E-state index >= 15 is 0 Å². The largest absolute Gasteiger partial charge is 0.381 e. The second-order valence-electron chi connectivity index (χ2n) is 6.42. The van der Waals surface area contributed by atoms with Crippen LogP contribution in [0.3, 0.4) is 0 Å². The van der Waals surface area contributed by atoms with Gasteiger partial charge in [-0.15, -0.1) is 0 Å². The van der Waals surface area contributed by atoms with Gasteiger partial charge in [0.25, 0.3) is 0 Å². The first-order chi connectivity index (χ1) is 7.33. The molecule has 0 saturated heterocycles. The van der Waals surface area contributed by atoms with Gasteiger partial charge in [0.05, 0.1) is 6.61 Å². The Bertz CT molecular complexity index is 164. The quantitative estimate of drug-likeness (QED) is 0.612. The van der Waals surface area contributed by atoms with E-state index in [-0.39, 0.29) is 5.41 Å². The Morgan fingerprint density at radius 1 is 1.06 bits per heavy atom. The number of hydrogen-bond donors (Lipinski definition) is 1. The van der Waals surface area contributed by atoms with Crippen LogP contribution in [-0.4, -0.2) is 26.3 Å². The summed E-state index contributed by atoms with van der Waals surface area (Å²) in [6, 6.07) is 0. The van der Waals surface area contributed by atoms with Gasteiger partial charge in [-0.2, -0.15) is 0 Å². The van der Waals surface area contributed by atoms with Crippen LogP contribution >= 0.6 is 0 Å². The smallest absolute Gasteiger partial charge is 0.0529 e. The molecule has 0 aliphatic heterocycles. The van der Waals surface area contributed by atoms with Crippen molar-refractivity contribution < 1.29 is 4.74 Å². The van der Waals surface area contributed by atoms with E-state index in [0.717, 1.165) is 44.6 Å². The third-order valence-corrected chi connectivity index (χ3v) is 2.49. The van der Waals surface area contributed by atoms with Gasteiger partial charge in [-0.3, -0.25) is 0 Å². The predicted molar refractivity (Wildman–Crippen MR) is 71.8 cm³/mol. The molecule has 0 bridgehead atoms. The zero-order chi connectivity index (χ0) is 12.6. The summed E-state index contributed by atoms with van der Waals surface area (Å²) in [6.07, 6.45) is 1.16. The average Bonchev–Trinajstić information content (AvgIpc) is 2.11. The van der Waals surface area contributed by atoms with Crippen molar-refractivity contribution in [3.63, 3.8) is 0 Å². The standard InChI is InChI=1S/C14H31NO/c1-12(2)7-8-16-11-14(5,6)10-15-9-13(3)4/h12-13,15H,7-11H2,1-6H3. The lowest BCUT2D eigenvalue weighted by Gasteiger charge is -2.25. The molecule has 0 saturated carbocycles. The molecular weight excluding hydrogens is 198 g/mol. The number of nitrogens with one attached hydrogen (secondary N) is 1. The molecule has 0 aliphatic carbocycles. The van der Waals surface area contributed by atoms with Gasteiger partial charge in [-0.05, 0) is 24.8 Å². The van der Waals surface area contributed by atoms with Crippen molar-refractivity contribution in [2.75, 3.05) is 26.3 Å². The van der Waals surface area contributed by atoms with Crippen molar-refractivity contribution >= 4 is 0 Å². The molecule has 0 spiro atoms. The molecule has 2 heteroatoms. The van der Waals surface area contributed by atoms with Crippen molar-refractivity contribution in [2.24, 2.45) is 17.3 Å². The summed E-state index contributed by atoms with van der Waals surface area (Å²) in [7, 11) is 0. The molecule has 2 nitrogen and oxygen atoms in total. The molecule has 0 heterocycles. The fourth-order valence-corrected chi connectivity index (χ4v) is 1.42. The van der Waals surface area contributed by atoms with E-state index in [9.17, 15) is 0 Å². The van der Waals surface area contributed by atoms with E-state index in [1.807, 2.05) is 0 Å². The lowest BCUT2D eigenvalue weighted by Crippen LogP contribution is -2.35. The van der Waals surface area contributed by atoms with E-state index < -0.39 is 0 Å². The molecule has 0 rings (SSSR count). The van der Waals surface area contributed by atoms with E-state index in [1.54, 1.807) is 0 Å². The number of ether oxygens (including phenoxy) is 1. The monoisotopic (exact) mass is 229 g/mol. The molecule has 0 aromatic carbocycles. The first-order valence-corrected chi connectivity index (χ1v) is 6.62. The van der Waals surface area contributed by atoms with Gasteiger partial charge in [0.15, 0.2) is 0 Å². The van der Waals surface area contributed by atoms with Crippen LogP contribution in [0.4, 0.5) is 0 Å². The van der Waals surface area contributed by atoms with E-state index in [1.165, 1.54) is 0 Å². The van der Waals surface area contributed by atoms with Gasteiger partial charge >= 0.3 is 0 Å². The van der Waals surface area contributed by atoms with Gasteiger partial charge in [-0.1, -0.05) is 41.5 Å². The molecule has 0 aromatic heterocycles. The Balaban J connectivity index is 3.53. The normalized spacial score (nSPS) is 12.8. The highest BCUT2D eigenvalue weighted by Gasteiger charge is 2.17. The number of hydrogen-bond acceptors (Lipinski definition) is 2. The Morgan fingerprint density at radius 3 is 2.19 bits per heavy atom. The Kier molecular flexibility index (Phi) is 8.04. The lowest BCUT2D eigenvalue weighted by atomic mass is 9.94. The van der Waals surface area contributed by atoms with Crippen LogP contribution in [0.5, 0.6) is 0 Å². The minimum absolute atomic E-state index is 0.242. The van der Waals surface area contributed by atoms with Crippen molar-refractivity contribution in [3.8, 4) is 0 Å². The van der Waals surface area contributed by atoms with Crippen LogP contribution in [0.2, 0.25) is 0 Å². The lowest BCUT2D eigenvalue weighted by molar-refractivity contribution is 0.0558. The maximum absolute atomic E-state index is 5.73. The van der Waals surface area contributed by atoms with Crippen LogP contribution in [0.1, 0.15) is 48.0 Å². The maximum Gasteiger partial charge on any atom is 0.0529 e. The molecular formula is C14H31NO. The molecule has 98 valence electrons. The molecule has 1 N–H and O–H groups in total. The Labute approximate surface area is 102 Å². The summed E-state index contributed by atoms with van der Waals surface area (Å²) in [6.45, 7) is 17.3. The highest BCUT2D eigenvalue weighted by atomic mass is 16.5. The van der Waals surface area contributed by atoms with Gasteiger partial charge in [0, 0.05) is 18.6 Å². The first kappa shape index (κ1) is 15.9. The Morgan fingerprint density at radius 2 is 1.69 bits per heavy atom. The van der Waals surface area contributed by atoms with Crippen LogP contribution in [0, 0.1) is 17.3 Å². The topological polar surface area (TPSA) is 21.3 Å². The molecule has 0 fully saturated rings. The summed E-state index contributed by atoms with van der Waals surface area (Å²) in [5.41, 5.74) is 0.242. The van der Waals surface area contributed by atoms with Gasteiger partial charge < -0.3 is 10.1 Å². The maximum atomic E-state index is 5.73. The van der Waals surface area contributed by atoms with Gasteiger partial charge in [0.2, 0.25) is 0 Å². The fraction of sp³-hybridized carbons (Fsp3) is 1.00. The molecule has 0 aliphatic rings. The zero-order valence-electron chi connectivity index (χ0n) is 12.1.